The number of benzene rings is 3. The van der Waals surface area contributed by atoms with Crippen LogP contribution in [0.25, 0.3) is 0 Å². The number of piperidine rings is 1. The van der Waals surface area contributed by atoms with Crippen molar-refractivity contribution in [3.8, 4) is 6.07 Å². The number of hydrogen-bond donors (Lipinski definition) is 4. The van der Waals surface area contributed by atoms with E-state index in [1.54, 1.807) is 29.2 Å². The minimum absolute atomic E-state index is 0.0439. The number of hydrogen-bond acceptors (Lipinski definition) is 8. The van der Waals surface area contributed by atoms with Crippen molar-refractivity contribution < 1.29 is 18.8 Å². The van der Waals surface area contributed by atoms with Crippen LogP contribution >= 0.6 is 0 Å². The third kappa shape index (κ3) is 6.36. The van der Waals surface area contributed by atoms with E-state index >= 15 is 0 Å². The molecule has 1 aromatic heterocycles. The van der Waals surface area contributed by atoms with Crippen molar-refractivity contribution in [2.24, 2.45) is 5.92 Å². The maximum absolute atomic E-state index is 14.3. The van der Waals surface area contributed by atoms with Gasteiger partial charge in [-0.25, -0.2) is 4.39 Å². The van der Waals surface area contributed by atoms with Gasteiger partial charge in [0.25, 0.3) is 11.8 Å². The first-order valence-electron chi connectivity index (χ1n) is 17.5. The first-order chi connectivity index (χ1) is 24.8. The van der Waals surface area contributed by atoms with Gasteiger partial charge in [0.15, 0.2) is 5.82 Å². The van der Waals surface area contributed by atoms with Gasteiger partial charge in [0.05, 0.1) is 18.0 Å². The van der Waals surface area contributed by atoms with E-state index in [0.29, 0.717) is 55.2 Å². The summed E-state index contributed by atoms with van der Waals surface area (Å²) in [6.07, 6.45) is 3.00. The largest absolute Gasteiger partial charge is 0.352 e. The van der Waals surface area contributed by atoms with Gasteiger partial charge in [0, 0.05) is 36.3 Å². The molecule has 4 aromatic rings. The summed E-state index contributed by atoms with van der Waals surface area (Å²) < 4.78 is 14.3. The number of aryl methyl sites for hydroxylation is 2. The van der Waals surface area contributed by atoms with Crippen LogP contribution in [-0.2, 0) is 23.1 Å². The van der Waals surface area contributed by atoms with E-state index in [4.69, 9.17) is 0 Å². The fourth-order valence-corrected chi connectivity index (χ4v) is 8.09. The molecule has 4 N–H and O–H groups in total. The molecule has 0 bridgehead atoms. The van der Waals surface area contributed by atoms with Gasteiger partial charge in [-0.15, -0.1) is 10.2 Å². The Morgan fingerprint density at radius 2 is 1.59 bits per heavy atom. The first-order valence-corrected chi connectivity index (χ1v) is 17.5. The molecule has 7 rings (SSSR count). The van der Waals surface area contributed by atoms with E-state index in [1.165, 1.54) is 12.1 Å². The number of amides is 3. The standard InChI is InChI=1S/C38H40FN9O3/c1-3-41-35(50)25-9-13-30-23(15-25)5-6-24-16-26(36(51)42-4-2)10-14-31(24)38(30,37-44-46-47-45-37)19-32(22-7-11-28(39)12-8-22)43-21-34(49)48-29(20-40)17-27-18-33(27)48/h7-16,27,29,32-33,43H,3-6,17-19,21H2,1-2H3,(H,41,50)(H,42,51)(H,44,45,46,47)/t27-,29+,32-,33+/m1/s1. The monoisotopic (exact) mass is 689 g/mol. The van der Waals surface area contributed by atoms with E-state index < -0.39 is 23.3 Å². The highest BCUT2D eigenvalue weighted by Crippen LogP contribution is 2.50. The molecule has 2 heterocycles. The number of rotatable bonds is 11. The van der Waals surface area contributed by atoms with Gasteiger partial charge in [0.2, 0.25) is 5.91 Å². The second-order valence-electron chi connectivity index (χ2n) is 13.5. The number of likely N-dealkylation sites (tertiary alicyclic amines) is 1. The van der Waals surface area contributed by atoms with Gasteiger partial charge in [0.1, 0.15) is 11.9 Å². The van der Waals surface area contributed by atoms with E-state index in [9.17, 15) is 24.0 Å². The molecule has 0 spiro atoms. The van der Waals surface area contributed by atoms with Crippen molar-refractivity contribution in [1.29, 1.82) is 5.26 Å². The lowest BCUT2D eigenvalue weighted by atomic mass is 9.67. The number of carbonyl (C=O) groups is 3. The molecule has 4 atom stereocenters. The molecule has 0 unspecified atom stereocenters. The molecule has 2 fully saturated rings. The van der Waals surface area contributed by atoms with Gasteiger partial charge >= 0.3 is 0 Å². The normalized spacial score (nSPS) is 20.2. The predicted molar refractivity (Wildman–Crippen MR) is 185 cm³/mol. The quantitative estimate of drug-likeness (QED) is 0.186. The number of nitriles is 1. The molecule has 1 saturated heterocycles. The summed E-state index contributed by atoms with van der Waals surface area (Å²) in [4.78, 5) is 41.5. The molecule has 2 aliphatic carbocycles. The van der Waals surface area contributed by atoms with Crippen LogP contribution in [-0.4, -0.2) is 75.0 Å². The minimum Gasteiger partial charge on any atom is -0.352 e. The Labute approximate surface area is 295 Å². The highest BCUT2D eigenvalue weighted by Gasteiger charge is 2.54. The highest BCUT2D eigenvalue weighted by molar-refractivity contribution is 5.95. The van der Waals surface area contributed by atoms with Crippen LogP contribution < -0.4 is 16.0 Å². The Balaban J connectivity index is 1.37. The molecule has 1 saturated carbocycles. The molecule has 12 nitrogen and oxygen atoms in total. The zero-order valence-electron chi connectivity index (χ0n) is 28.6. The van der Waals surface area contributed by atoms with Crippen LogP contribution in [0.1, 0.15) is 93.5 Å². The molecule has 1 aliphatic heterocycles. The van der Waals surface area contributed by atoms with Gasteiger partial charge in [-0.05, 0) is 116 Å². The van der Waals surface area contributed by atoms with E-state index in [-0.39, 0.29) is 36.7 Å². The number of nitrogens with one attached hydrogen (secondary N) is 4. The number of carbonyl (C=O) groups excluding carboxylic acids is 3. The molecule has 51 heavy (non-hydrogen) atoms. The molecule has 3 amide bonds. The summed E-state index contributed by atoms with van der Waals surface area (Å²) in [5.74, 6) is -0.187. The van der Waals surface area contributed by atoms with Gasteiger partial charge in [-0.3, -0.25) is 14.4 Å². The number of H-pyrrole nitrogens is 1. The lowest BCUT2D eigenvalue weighted by Gasteiger charge is -2.37. The first kappa shape index (κ1) is 34.0. The smallest absolute Gasteiger partial charge is 0.251 e. The molecule has 3 aromatic carbocycles. The van der Waals surface area contributed by atoms with Crippen LogP contribution in [0.15, 0.2) is 60.7 Å². The van der Waals surface area contributed by atoms with Crippen LogP contribution in [0.2, 0.25) is 0 Å². The maximum Gasteiger partial charge on any atom is 0.251 e. The van der Waals surface area contributed by atoms with Gasteiger partial charge in [-0.2, -0.15) is 10.5 Å². The van der Waals surface area contributed by atoms with Crippen LogP contribution in [0.5, 0.6) is 0 Å². The Morgan fingerprint density at radius 1 is 0.961 bits per heavy atom. The number of fused-ring (bicyclic) bond motifs is 3. The molecule has 3 aliphatic rings. The van der Waals surface area contributed by atoms with Crippen molar-refractivity contribution in [3.63, 3.8) is 0 Å². The Hall–Kier alpha value is -5.48. The second-order valence-corrected chi connectivity index (χ2v) is 13.5. The van der Waals surface area contributed by atoms with Crippen LogP contribution in [0.3, 0.4) is 0 Å². The lowest BCUT2D eigenvalue weighted by molar-refractivity contribution is -0.131. The summed E-state index contributed by atoms with van der Waals surface area (Å²) in [5.41, 5.74) is 4.18. The third-order valence-electron chi connectivity index (χ3n) is 10.5. The fourth-order valence-electron chi connectivity index (χ4n) is 8.09. The number of halogens is 1. The molecular formula is C38H40FN9O3. The van der Waals surface area contributed by atoms with Crippen LogP contribution in [0, 0.1) is 23.1 Å². The summed E-state index contributed by atoms with van der Waals surface area (Å²) >= 11 is 0. The Morgan fingerprint density at radius 3 is 2.14 bits per heavy atom. The van der Waals surface area contributed by atoms with Crippen molar-refractivity contribution in [1.82, 2.24) is 41.5 Å². The van der Waals surface area contributed by atoms with E-state index in [1.807, 2.05) is 38.1 Å². The maximum atomic E-state index is 14.3. The lowest BCUT2D eigenvalue weighted by Crippen LogP contribution is -2.45. The van der Waals surface area contributed by atoms with E-state index in [2.05, 4.69) is 42.6 Å². The van der Waals surface area contributed by atoms with Crippen molar-refractivity contribution in [2.45, 2.75) is 69.5 Å². The van der Waals surface area contributed by atoms with Crippen molar-refractivity contribution in [2.75, 3.05) is 19.6 Å². The van der Waals surface area contributed by atoms with Crippen molar-refractivity contribution in [3.05, 3.63) is 111 Å². The number of tetrazole rings is 1. The predicted octanol–water partition coefficient (Wildman–Crippen LogP) is 3.51. The Bertz CT molecular complexity index is 1920. The van der Waals surface area contributed by atoms with Gasteiger partial charge in [-0.1, -0.05) is 29.5 Å². The zero-order chi connectivity index (χ0) is 35.7. The SMILES string of the molecule is CCNC(=O)c1ccc2c(c1)CCc1cc(C(=O)NCC)ccc1C2(C[C@@H](NCC(=O)N1[C@H](C#N)C[C@@H]2C[C@@H]21)c1ccc(F)cc1)c1nn[nH]n1. The molecule has 13 heteroatoms. The van der Waals surface area contributed by atoms with Crippen molar-refractivity contribution >= 4 is 17.7 Å². The topological polar surface area (TPSA) is 169 Å². The summed E-state index contributed by atoms with van der Waals surface area (Å²) in [6, 6.07) is 18.8. The number of aromatic amines is 1. The Kier molecular flexibility index (Phi) is 9.35. The van der Waals surface area contributed by atoms with Gasteiger partial charge < -0.3 is 20.9 Å². The average molecular weight is 690 g/mol. The molecule has 0 radical (unpaired) electrons. The zero-order valence-corrected chi connectivity index (χ0v) is 28.6. The number of nitrogens with zero attached hydrogens (tertiary/aromatic N) is 5. The highest BCUT2D eigenvalue weighted by atomic mass is 19.1. The summed E-state index contributed by atoms with van der Waals surface area (Å²) in [5, 5.41) is 34.8. The second kappa shape index (κ2) is 14.0. The average Bonchev–Trinajstić information content (AvgIpc) is 3.51. The summed E-state index contributed by atoms with van der Waals surface area (Å²) in [7, 11) is 0. The number of aromatic nitrogens is 4. The summed E-state index contributed by atoms with van der Waals surface area (Å²) in [6.45, 7) is 4.65. The fraction of sp³-hybridized carbons (Fsp3) is 0.395. The van der Waals surface area contributed by atoms with E-state index in [0.717, 1.165) is 34.2 Å². The third-order valence-corrected chi connectivity index (χ3v) is 10.5. The molecular weight excluding hydrogens is 649 g/mol. The minimum atomic E-state index is -1.10. The van der Waals surface area contributed by atoms with Crippen LogP contribution in [0.4, 0.5) is 4.39 Å². The molecule has 262 valence electrons.